The summed E-state index contributed by atoms with van der Waals surface area (Å²) in [6.07, 6.45) is 8.19. The lowest BCUT2D eigenvalue weighted by Gasteiger charge is -2.26. The van der Waals surface area contributed by atoms with Gasteiger partial charge < -0.3 is 19.5 Å². The molecule has 1 aromatic carbocycles. The van der Waals surface area contributed by atoms with Gasteiger partial charge in [0.15, 0.2) is 0 Å². The molecule has 31 heavy (non-hydrogen) atoms. The second-order valence-corrected chi connectivity index (χ2v) is 8.40. The Morgan fingerprint density at radius 2 is 1.90 bits per heavy atom. The summed E-state index contributed by atoms with van der Waals surface area (Å²) in [5.74, 6) is 1.29. The lowest BCUT2D eigenvalue weighted by Crippen LogP contribution is -2.37. The molecule has 1 N–H and O–H groups in total. The smallest absolute Gasteiger partial charge is 0.272 e. The van der Waals surface area contributed by atoms with E-state index in [1.54, 1.807) is 0 Å². The highest BCUT2D eigenvalue weighted by atomic mass is 16.5. The van der Waals surface area contributed by atoms with Crippen LogP contribution in [-0.4, -0.2) is 46.7 Å². The second-order valence-electron chi connectivity index (χ2n) is 8.40. The maximum atomic E-state index is 13.1. The monoisotopic (exact) mass is 417 g/mol. The number of hydrogen-bond donors (Lipinski definition) is 1. The van der Waals surface area contributed by atoms with E-state index in [2.05, 4.69) is 30.9 Å². The quantitative estimate of drug-likeness (QED) is 0.661. The number of nitrogens with zero attached hydrogens (tertiary/aromatic N) is 4. The molecule has 160 valence electrons. The van der Waals surface area contributed by atoms with Crippen molar-refractivity contribution in [3.8, 4) is 11.1 Å². The maximum absolute atomic E-state index is 13.1. The molecule has 0 bridgehead atoms. The van der Waals surface area contributed by atoms with E-state index in [0.29, 0.717) is 24.8 Å². The van der Waals surface area contributed by atoms with Crippen molar-refractivity contribution >= 4 is 17.5 Å². The first-order valence-corrected chi connectivity index (χ1v) is 10.9. The molecule has 2 fully saturated rings. The molecule has 3 heterocycles. The number of nitrogens with one attached hydrogen (secondary N) is 1. The molecular formula is C24H27N5O2. The van der Waals surface area contributed by atoms with E-state index in [9.17, 15) is 4.79 Å². The highest BCUT2D eigenvalue weighted by Crippen LogP contribution is 2.33. The van der Waals surface area contributed by atoms with Gasteiger partial charge in [0.2, 0.25) is 5.95 Å². The number of ether oxygens (including phenoxy) is 1. The van der Waals surface area contributed by atoms with Crippen molar-refractivity contribution in [2.24, 2.45) is 5.92 Å². The Balaban J connectivity index is 1.39. The number of aromatic nitrogens is 3. The van der Waals surface area contributed by atoms with E-state index in [-0.39, 0.29) is 5.91 Å². The van der Waals surface area contributed by atoms with Crippen LogP contribution in [0.3, 0.4) is 0 Å². The fourth-order valence-electron chi connectivity index (χ4n) is 3.90. The summed E-state index contributed by atoms with van der Waals surface area (Å²) >= 11 is 0. The number of hydrogen-bond acceptors (Lipinski definition) is 5. The molecule has 1 aliphatic carbocycles. The average molecular weight is 418 g/mol. The van der Waals surface area contributed by atoms with Crippen molar-refractivity contribution in [3.63, 3.8) is 0 Å². The second kappa shape index (κ2) is 8.51. The molecule has 1 aliphatic heterocycles. The summed E-state index contributed by atoms with van der Waals surface area (Å²) in [6.45, 7) is 5.90. The summed E-state index contributed by atoms with van der Waals surface area (Å²) < 4.78 is 7.48. The first-order chi connectivity index (χ1) is 15.2. The van der Waals surface area contributed by atoms with Gasteiger partial charge in [-0.25, -0.2) is 9.97 Å². The summed E-state index contributed by atoms with van der Waals surface area (Å²) in [7, 11) is 0. The van der Waals surface area contributed by atoms with Crippen LogP contribution in [-0.2, 0) is 11.3 Å². The summed E-state index contributed by atoms with van der Waals surface area (Å²) in [5.41, 5.74) is 4.47. The molecule has 3 aromatic rings. The third kappa shape index (κ3) is 4.61. The Kier molecular flexibility index (Phi) is 5.42. The molecule has 2 aliphatic rings. The normalized spacial score (nSPS) is 16.4. The average Bonchev–Trinajstić information content (AvgIpc) is 3.51. The van der Waals surface area contributed by atoms with Crippen LogP contribution in [0.4, 0.5) is 11.6 Å². The Morgan fingerprint density at radius 1 is 1.13 bits per heavy atom. The van der Waals surface area contributed by atoms with Crippen LogP contribution in [0.2, 0.25) is 0 Å². The van der Waals surface area contributed by atoms with Crippen molar-refractivity contribution in [1.82, 2.24) is 14.5 Å². The van der Waals surface area contributed by atoms with Gasteiger partial charge in [0.25, 0.3) is 5.91 Å². The van der Waals surface area contributed by atoms with Crippen molar-refractivity contribution < 1.29 is 9.53 Å². The van der Waals surface area contributed by atoms with E-state index < -0.39 is 0 Å². The Bertz CT molecular complexity index is 1070. The van der Waals surface area contributed by atoms with Crippen LogP contribution < -0.4 is 10.2 Å². The molecule has 2 aromatic heterocycles. The van der Waals surface area contributed by atoms with E-state index in [1.807, 2.05) is 49.6 Å². The number of carbonyl (C=O) groups excluding carboxylic acids is 1. The number of morpholine rings is 1. The number of amides is 1. The predicted octanol–water partition coefficient (Wildman–Crippen LogP) is 3.75. The van der Waals surface area contributed by atoms with Crippen molar-refractivity contribution in [2.75, 3.05) is 36.5 Å². The van der Waals surface area contributed by atoms with Gasteiger partial charge in [-0.05, 0) is 49.4 Å². The van der Waals surface area contributed by atoms with E-state index in [0.717, 1.165) is 48.0 Å². The first-order valence-electron chi connectivity index (χ1n) is 10.9. The molecule has 1 amide bonds. The van der Waals surface area contributed by atoms with Crippen molar-refractivity contribution in [2.45, 2.75) is 26.3 Å². The van der Waals surface area contributed by atoms with E-state index in [4.69, 9.17) is 4.74 Å². The molecule has 7 heteroatoms. The number of aryl methyl sites for hydroxylation is 1. The van der Waals surface area contributed by atoms with Gasteiger partial charge in [-0.2, -0.15) is 0 Å². The van der Waals surface area contributed by atoms with Crippen molar-refractivity contribution in [3.05, 3.63) is 60.2 Å². The third-order valence-electron chi connectivity index (χ3n) is 5.82. The fraction of sp³-hybridized carbons (Fsp3) is 0.375. The minimum absolute atomic E-state index is 0.0941. The molecule has 0 unspecified atom stereocenters. The number of rotatable bonds is 6. The summed E-state index contributed by atoms with van der Waals surface area (Å²) in [6, 6.07) is 9.81. The molecular weight excluding hydrogens is 390 g/mol. The third-order valence-corrected chi connectivity index (χ3v) is 5.82. The van der Waals surface area contributed by atoms with Crippen LogP contribution in [0.15, 0.2) is 48.9 Å². The number of benzene rings is 1. The van der Waals surface area contributed by atoms with Crippen LogP contribution in [0.25, 0.3) is 11.1 Å². The van der Waals surface area contributed by atoms with Gasteiger partial charge in [-0.15, -0.1) is 0 Å². The van der Waals surface area contributed by atoms with Crippen molar-refractivity contribution in [1.29, 1.82) is 0 Å². The topological polar surface area (TPSA) is 72.3 Å². The highest BCUT2D eigenvalue weighted by molar-refractivity contribution is 6.04. The molecule has 0 atom stereocenters. The minimum atomic E-state index is -0.0941. The van der Waals surface area contributed by atoms with Crippen LogP contribution in [0.5, 0.6) is 0 Å². The molecule has 1 saturated heterocycles. The lowest BCUT2D eigenvalue weighted by atomic mass is 10.2. The molecule has 0 radical (unpaired) electrons. The molecule has 5 rings (SSSR count). The number of carbonyl (C=O) groups is 1. The van der Waals surface area contributed by atoms with Gasteiger partial charge >= 0.3 is 0 Å². The maximum Gasteiger partial charge on any atom is 0.272 e. The zero-order valence-corrected chi connectivity index (χ0v) is 17.8. The van der Waals surface area contributed by atoms with Gasteiger partial charge in [0.05, 0.1) is 13.2 Å². The van der Waals surface area contributed by atoms with Crippen LogP contribution in [0.1, 0.15) is 28.9 Å². The van der Waals surface area contributed by atoms with Gasteiger partial charge in [0.1, 0.15) is 5.69 Å². The minimum Gasteiger partial charge on any atom is -0.378 e. The van der Waals surface area contributed by atoms with Gasteiger partial charge in [-0.1, -0.05) is 12.1 Å². The molecule has 0 spiro atoms. The first kappa shape index (κ1) is 19.8. The zero-order valence-electron chi connectivity index (χ0n) is 17.8. The van der Waals surface area contributed by atoms with Gasteiger partial charge in [0, 0.05) is 55.0 Å². The highest BCUT2D eigenvalue weighted by Gasteiger charge is 2.25. The van der Waals surface area contributed by atoms with E-state index in [1.165, 1.54) is 12.8 Å². The van der Waals surface area contributed by atoms with Gasteiger partial charge in [-0.3, -0.25) is 4.79 Å². The Morgan fingerprint density at radius 3 is 2.61 bits per heavy atom. The Labute approximate surface area is 182 Å². The molecule has 7 nitrogen and oxygen atoms in total. The van der Waals surface area contributed by atoms with E-state index >= 15 is 0 Å². The standard InChI is InChI=1S/C24H27N5O2/c1-17-3-2-4-21(11-17)27-23(30)22-12-19(16-29(22)15-18-5-6-18)20-13-25-24(26-14-20)28-7-9-31-10-8-28/h2-4,11-14,16,18H,5-10,15H2,1H3,(H,27,30). The van der Waals surface area contributed by atoms with Crippen LogP contribution >= 0.6 is 0 Å². The summed E-state index contributed by atoms with van der Waals surface area (Å²) in [5, 5.41) is 3.04. The largest absolute Gasteiger partial charge is 0.378 e. The summed E-state index contributed by atoms with van der Waals surface area (Å²) in [4.78, 5) is 24.3. The zero-order chi connectivity index (χ0) is 21.2. The Hall–Kier alpha value is -3.19. The SMILES string of the molecule is Cc1cccc(NC(=O)c2cc(-c3cnc(N4CCOCC4)nc3)cn2CC2CC2)c1. The predicted molar refractivity (Wildman–Crippen MR) is 120 cm³/mol. The number of anilines is 2. The lowest BCUT2D eigenvalue weighted by molar-refractivity contribution is 0.101. The fourth-order valence-corrected chi connectivity index (χ4v) is 3.90. The molecule has 1 saturated carbocycles. The van der Waals surface area contributed by atoms with Crippen LogP contribution in [0, 0.1) is 12.8 Å².